The van der Waals surface area contributed by atoms with Crippen molar-refractivity contribution < 1.29 is 24.9 Å². The summed E-state index contributed by atoms with van der Waals surface area (Å²) in [6.07, 6.45) is 2.15. The lowest BCUT2D eigenvalue weighted by Crippen LogP contribution is -1.87. The van der Waals surface area contributed by atoms with Gasteiger partial charge in [-0.25, -0.2) is 4.79 Å². The van der Waals surface area contributed by atoms with Gasteiger partial charge in [-0.1, -0.05) is 0 Å². The average Bonchev–Trinajstić information content (AvgIpc) is 2.14. The Morgan fingerprint density at radius 2 is 1.87 bits per heavy atom. The van der Waals surface area contributed by atoms with Gasteiger partial charge in [0.15, 0.2) is 11.5 Å². The monoisotopic (exact) mass is 210 g/mol. The predicted octanol–water partition coefficient (Wildman–Crippen LogP) is 1.20. The molecule has 0 radical (unpaired) electrons. The molecule has 1 aromatic carbocycles. The number of carboxylic acids is 1. The minimum Gasteiger partial charge on any atom is -0.504 e. The van der Waals surface area contributed by atoms with E-state index < -0.39 is 5.97 Å². The fourth-order valence-electron chi connectivity index (χ4n) is 1.09. The van der Waals surface area contributed by atoms with Crippen LogP contribution in [0.3, 0.4) is 0 Å². The molecule has 0 saturated carbocycles. The fraction of sp³-hybridized carbons (Fsp3) is 0.100. The number of phenolic OH excluding ortho intramolecular Hbond substituents is 2. The van der Waals surface area contributed by atoms with Crippen LogP contribution in [0.5, 0.6) is 17.2 Å². The number of carbonyl (C=O) groups is 1. The summed E-state index contributed by atoms with van der Waals surface area (Å²) in [5.74, 6) is -1.64. The summed E-state index contributed by atoms with van der Waals surface area (Å²) in [5, 5.41) is 27.1. The Morgan fingerprint density at radius 1 is 1.33 bits per heavy atom. The first-order chi connectivity index (χ1) is 7.04. The lowest BCUT2D eigenvalue weighted by Gasteiger charge is -2.06. The third-order valence-electron chi connectivity index (χ3n) is 1.69. The van der Waals surface area contributed by atoms with Crippen LogP contribution in [0.2, 0.25) is 0 Å². The second-order valence-electron chi connectivity index (χ2n) is 2.76. The summed E-state index contributed by atoms with van der Waals surface area (Å²) >= 11 is 0. The second-order valence-corrected chi connectivity index (χ2v) is 2.76. The molecule has 1 rings (SSSR count). The van der Waals surface area contributed by atoms with Crippen LogP contribution in [0.15, 0.2) is 18.2 Å². The molecule has 5 nitrogen and oxygen atoms in total. The van der Waals surface area contributed by atoms with E-state index in [0.717, 1.165) is 6.08 Å². The fourth-order valence-corrected chi connectivity index (χ4v) is 1.09. The number of carboxylic acid groups (broad SMARTS) is 1. The number of hydrogen-bond donors (Lipinski definition) is 3. The SMILES string of the molecule is COc1c(O)cc(C=CC(=O)O)cc1O. The molecule has 0 spiro atoms. The van der Waals surface area contributed by atoms with Gasteiger partial charge >= 0.3 is 5.97 Å². The molecular weight excluding hydrogens is 200 g/mol. The maximum atomic E-state index is 10.2. The van der Waals surface area contributed by atoms with Crippen molar-refractivity contribution in [1.29, 1.82) is 0 Å². The van der Waals surface area contributed by atoms with Gasteiger partial charge in [0.25, 0.3) is 0 Å². The molecule has 5 heteroatoms. The first-order valence-electron chi connectivity index (χ1n) is 4.05. The zero-order valence-electron chi connectivity index (χ0n) is 7.97. The van der Waals surface area contributed by atoms with E-state index >= 15 is 0 Å². The molecule has 0 aliphatic carbocycles. The van der Waals surface area contributed by atoms with Gasteiger partial charge in [-0.2, -0.15) is 0 Å². The van der Waals surface area contributed by atoms with E-state index in [9.17, 15) is 15.0 Å². The largest absolute Gasteiger partial charge is 0.504 e. The number of aromatic hydroxyl groups is 2. The zero-order chi connectivity index (χ0) is 11.4. The lowest BCUT2D eigenvalue weighted by molar-refractivity contribution is -0.131. The summed E-state index contributed by atoms with van der Waals surface area (Å²) in [7, 11) is 1.31. The van der Waals surface area contributed by atoms with Crippen molar-refractivity contribution >= 4 is 12.0 Å². The van der Waals surface area contributed by atoms with E-state index in [0.29, 0.717) is 5.56 Å². The number of phenols is 2. The molecule has 0 saturated heterocycles. The number of ether oxygens (including phenoxy) is 1. The van der Waals surface area contributed by atoms with E-state index in [1.165, 1.54) is 25.3 Å². The van der Waals surface area contributed by atoms with Crippen LogP contribution in [0.25, 0.3) is 6.08 Å². The van der Waals surface area contributed by atoms with E-state index in [4.69, 9.17) is 9.84 Å². The van der Waals surface area contributed by atoms with E-state index in [2.05, 4.69) is 0 Å². The van der Waals surface area contributed by atoms with E-state index in [1.54, 1.807) is 0 Å². The van der Waals surface area contributed by atoms with Crippen LogP contribution in [0, 0.1) is 0 Å². The van der Waals surface area contributed by atoms with Crippen molar-refractivity contribution in [3.8, 4) is 17.2 Å². The molecule has 0 heterocycles. The van der Waals surface area contributed by atoms with Gasteiger partial charge in [0.05, 0.1) is 7.11 Å². The van der Waals surface area contributed by atoms with Crippen LogP contribution in [0.1, 0.15) is 5.56 Å². The predicted molar refractivity (Wildman–Crippen MR) is 53.0 cm³/mol. The summed E-state index contributed by atoms with van der Waals surface area (Å²) < 4.78 is 4.72. The Balaban J connectivity index is 3.09. The standard InChI is InChI=1S/C10H10O5/c1-15-10-7(11)4-6(5-8(10)12)2-3-9(13)14/h2-5,11-12H,1H3,(H,13,14). The maximum absolute atomic E-state index is 10.2. The van der Waals surface area contributed by atoms with Gasteiger partial charge in [-0.3, -0.25) is 0 Å². The van der Waals surface area contributed by atoms with Crippen LogP contribution < -0.4 is 4.74 Å². The normalized spacial score (nSPS) is 10.5. The van der Waals surface area contributed by atoms with Crippen molar-refractivity contribution in [2.45, 2.75) is 0 Å². The van der Waals surface area contributed by atoms with Crippen LogP contribution in [0.4, 0.5) is 0 Å². The van der Waals surface area contributed by atoms with Crippen molar-refractivity contribution in [3.63, 3.8) is 0 Å². The molecule has 0 atom stereocenters. The Bertz CT molecular complexity index is 385. The third-order valence-corrected chi connectivity index (χ3v) is 1.69. The van der Waals surface area contributed by atoms with Crippen molar-refractivity contribution in [2.24, 2.45) is 0 Å². The van der Waals surface area contributed by atoms with E-state index in [-0.39, 0.29) is 17.2 Å². The molecule has 0 aromatic heterocycles. The first kappa shape index (κ1) is 10.9. The molecular formula is C10H10O5. The molecule has 1 aromatic rings. The summed E-state index contributed by atoms with van der Waals surface area (Å²) in [5.41, 5.74) is 0.369. The highest BCUT2D eigenvalue weighted by Gasteiger charge is 2.08. The Hall–Kier alpha value is -2.17. The summed E-state index contributed by atoms with van der Waals surface area (Å²) in [4.78, 5) is 10.2. The Kier molecular flexibility index (Phi) is 3.17. The Morgan fingerprint density at radius 3 is 2.27 bits per heavy atom. The van der Waals surface area contributed by atoms with Gasteiger partial charge in [0, 0.05) is 6.08 Å². The molecule has 3 N–H and O–H groups in total. The maximum Gasteiger partial charge on any atom is 0.328 e. The highest BCUT2D eigenvalue weighted by Crippen LogP contribution is 2.36. The third kappa shape index (κ3) is 2.63. The number of rotatable bonds is 3. The van der Waals surface area contributed by atoms with Crippen molar-refractivity contribution in [2.75, 3.05) is 7.11 Å². The number of aliphatic carboxylic acids is 1. The van der Waals surface area contributed by atoms with Crippen molar-refractivity contribution in [3.05, 3.63) is 23.8 Å². The first-order valence-corrected chi connectivity index (χ1v) is 4.05. The average molecular weight is 210 g/mol. The number of benzene rings is 1. The molecule has 0 aliphatic heterocycles. The van der Waals surface area contributed by atoms with Crippen LogP contribution in [-0.4, -0.2) is 28.4 Å². The second kappa shape index (κ2) is 4.36. The summed E-state index contributed by atoms with van der Waals surface area (Å²) in [6.45, 7) is 0. The topological polar surface area (TPSA) is 87.0 Å². The highest BCUT2D eigenvalue weighted by atomic mass is 16.5. The molecule has 0 unspecified atom stereocenters. The quantitative estimate of drug-likeness (QED) is 0.652. The highest BCUT2D eigenvalue weighted by molar-refractivity contribution is 5.85. The van der Waals surface area contributed by atoms with Gasteiger partial charge < -0.3 is 20.1 Å². The smallest absolute Gasteiger partial charge is 0.328 e. The minimum atomic E-state index is -1.11. The van der Waals surface area contributed by atoms with Crippen molar-refractivity contribution in [1.82, 2.24) is 0 Å². The number of methoxy groups -OCH3 is 1. The van der Waals surface area contributed by atoms with Crippen LogP contribution in [-0.2, 0) is 4.79 Å². The van der Waals surface area contributed by atoms with E-state index in [1.807, 2.05) is 0 Å². The molecule has 0 aliphatic rings. The van der Waals surface area contributed by atoms with Gasteiger partial charge in [-0.15, -0.1) is 0 Å². The molecule has 0 bridgehead atoms. The molecule has 0 fully saturated rings. The lowest BCUT2D eigenvalue weighted by atomic mass is 10.1. The summed E-state index contributed by atoms with van der Waals surface area (Å²) in [6, 6.07) is 2.58. The molecule has 15 heavy (non-hydrogen) atoms. The van der Waals surface area contributed by atoms with Gasteiger partial charge in [0.2, 0.25) is 5.75 Å². The van der Waals surface area contributed by atoms with Crippen LogP contribution >= 0.6 is 0 Å². The minimum absolute atomic E-state index is 0.0394. The molecule has 0 amide bonds. The Labute approximate surface area is 85.9 Å². The van der Waals surface area contributed by atoms with Gasteiger partial charge in [0.1, 0.15) is 0 Å². The zero-order valence-corrected chi connectivity index (χ0v) is 7.97. The molecule has 80 valence electrons. The number of hydrogen-bond acceptors (Lipinski definition) is 4. The van der Waals surface area contributed by atoms with Gasteiger partial charge in [-0.05, 0) is 23.8 Å².